The van der Waals surface area contributed by atoms with E-state index in [-0.39, 0.29) is 11.7 Å². The zero-order valence-electron chi connectivity index (χ0n) is 9.22. The zero-order valence-corrected chi connectivity index (χ0v) is 9.22. The minimum absolute atomic E-state index is 0.0544. The smallest absolute Gasteiger partial charge is 0.205 e. The van der Waals surface area contributed by atoms with Crippen LogP contribution in [0.4, 0.5) is 0 Å². The highest BCUT2D eigenvalue weighted by atomic mass is 16.3. The second-order valence-corrected chi connectivity index (χ2v) is 3.71. The maximum Gasteiger partial charge on any atom is 0.205 e. The molecule has 16 heavy (non-hydrogen) atoms. The molecule has 1 atom stereocenters. The second kappa shape index (κ2) is 4.79. The number of rotatable bonds is 4. The number of hydrogen-bond acceptors (Lipinski definition) is 2. The highest BCUT2D eigenvalue weighted by Crippen LogP contribution is 2.24. The molecule has 0 aliphatic rings. The van der Waals surface area contributed by atoms with Gasteiger partial charge in [0.15, 0.2) is 5.76 Å². The summed E-state index contributed by atoms with van der Waals surface area (Å²) in [4.78, 5) is 12.1. The third kappa shape index (κ3) is 2.06. The van der Waals surface area contributed by atoms with E-state index < -0.39 is 0 Å². The fraction of sp³-hybridized carbons (Fsp3) is 0.214. The van der Waals surface area contributed by atoms with E-state index in [9.17, 15) is 4.79 Å². The fourth-order valence-corrected chi connectivity index (χ4v) is 1.85. The monoisotopic (exact) mass is 214 g/mol. The van der Waals surface area contributed by atoms with Crippen molar-refractivity contribution in [3.63, 3.8) is 0 Å². The van der Waals surface area contributed by atoms with Crippen molar-refractivity contribution in [2.45, 2.75) is 19.3 Å². The Morgan fingerprint density at radius 1 is 1.19 bits per heavy atom. The first-order valence-electron chi connectivity index (χ1n) is 5.45. The van der Waals surface area contributed by atoms with Gasteiger partial charge in [-0.15, -0.1) is 0 Å². The minimum atomic E-state index is -0.104. The Hall–Kier alpha value is -1.83. The number of furan rings is 1. The van der Waals surface area contributed by atoms with Gasteiger partial charge in [-0.05, 0) is 24.1 Å². The van der Waals surface area contributed by atoms with Gasteiger partial charge in [-0.25, -0.2) is 0 Å². The second-order valence-electron chi connectivity index (χ2n) is 3.71. The Balaban J connectivity index is 2.27. The standard InChI is InChI=1S/C14H14O2/c1-2-12(11-7-4-3-5-8-11)14(15)13-9-6-10-16-13/h3-10,12H,2H2,1H3/t12-/m0/s1. The molecule has 0 amide bonds. The van der Waals surface area contributed by atoms with Crippen molar-refractivity contribution in [2.24, 2.45) is 0 Å². The summed E-state index contributed by atoms with van der Waals surface area (Å²) in [6, 6.07) is 13.3. The molecule has 0 saturated heterocycles. The van der Waals surface area contributed by atoms with Gasteiger partial charge >= 0.3 is 0 Å². The molecular weight excluding hydrogens is 200 g/mol. The highest BCUT2D eigenvalue weighted by Gasteiger charge is 2.21. The van der Waals surface area contributed by atoms with Gasteiger partial charge in [0, 0.05) is 0 Å². The number of benzene rings is 1. The summed E-state index contributed by atoms with van der Waals surface area (Å²) in [6.45, 7) is 2.01. The molecule has 0 unspecified atom stereocenters. The zero-order chi connectivity index (χ0) is 11.4. The lowest BCUT2D eigenvalue weighted by atomic mass is 9.91. The van der Waals surface area contributed by atoms with Crippen LogP contribution in [0.15, 0.2) is 53.1 Å². The van der Waals surface area contributed by atoms with Crippen LogP contribution in [-0.2, 0) is 0 Å². The van der Waals surface area contributed by atoms with Crippen LogP contribution < -0.4 is 0 Å². The molecule has 0 radical (unpaired) electrons. The molecule has 2 nitrogen and oxygen atoms in total. The number of Topliss-reactive ketones (excluding diaryl/α,β-unsaturated/α-hetero) is 1. The van der Waals surface area contributed by atoms with Crippen LogP contribution in [0.3, 0.4) is 0 Å². The molecule has 82 valence electrons. The summed E-state index contributed by atoms with van der Waals surface area (Å²) in [5.41, 5.74) is 1.05. The van der Waals surface area contributed by atoms with Crippen LogP contribution in [0.5, 0.6) is 0 Å². The first-order chi connectivity index (χ1) is 7.83. The molecule has 1 aromatic heterocycles. The largest absolute Gasteiger partial charge is 0.461 e. The number of carbonyl (C=O) groups excluding carboxylic acids is 1. The van der Waals surface area contributed by atoms with Gasteiger partial charge in [0.05, 0.1) is 12.2 Å². The van der Waals surface area contributed by atoms with E-state index in [1.807, 2.05) is 37.3 Å². The van der Waals surface area contributed by atoms with Gasteiger partial charge in [0.1, 0.15) is 0 Å². The van der Waals surface area contributed by atoms with Gasteiger partial charge in [0.2, 0.25) is 5.78 Å². The molecule has 0 fully saturated rings. The normalized spacial score (nSPS) is 12.3. The molecule has 0 saturated carbocycles. The van der Waals surface area contributed by atoms with Crippen LogP contribution in [0.1, 0.15) is 35.4 Å². The van der Waals surface area contributed by atoms with E-state index in [2.05, 4.69) is 0 Å². The van der Waals surface area contributed by atoms with Crippen LogP contribution in [0.25, 0.3) is 0 Å². The third-order valence-corrected chi connectivity index (χ3v) is 2.69. The Kier molecular flexibility index (Phi) is 3.20. The minimum Gasteiger partial charge on any atom is -0.461 e. The van der Waals surface area contributed by atoms with E-state index in [1.54, 1.807) is 12.1 Å². The Morgan fingerprint density at radius 3 is 2.50 bits per heavy atom. The summed E-state index contributed by atoms with van der Waals surface area (Å²) in [6.07, 6.45) is 2.31. The van der Waals surface area contributed by atoms with E-state index >= 15 is 0 Å². The van der Waals surface area contributed by atoms with Crippen molar-refractivity contribution < 1.29 is 9.21 Å². The molecule has 0 spiro atoms. The van der Waals surface area contributed by atoms with Crippen LogP contribution >= 0.6 is 0 Å². The van der Waals surface area contributed by atoms with Crippen molar-refractivity contribution in [3.05, 3.63) is 60.1 Å². The Labute approximate surface area is 94.9 Å². The van der Waals surface area contributed by atoms with Crippen LogP contribution in [-0.4, -0.2) is 5.78 Å². The number of carbonyl (C=O) groups is 1. The summed E-state index contributed by atoms with van der Waals surface area (Å²) < 4.78 is 5.15. The lowest BCUT2D eigenvalue weighted by Gasteiger charge is -2.12. The molecule has 1 aromatic carbocycles. The molecule has 2 aromatic rings. The summed E-state index contributed by atoms with van der Waals surface area (Å²) >= 11 is 0. The van der Waals surface area contributed by atoms with Gasteiger partial charge in [0.25, 0.3) is 0 Å². The van der Waals surface area contributed by atoms with Crippen molar-refractivity contribution >= 4 is 5.78 Å². The van der Waals surface area contributed by atoms with E-state index in [0.29, 0.717) is 5.76 Å². The van der Waals surface area contributed by atoms with E-state index in [4.69, 9.17) is 4.42 Å². The Morgan fingerprint density at radius 2 is 1.94 bits per heavy atom. The van der Waals surface area contributed by atoms with Gasteiger partial charge < -0.3 is 4.42 Å². The maximum absolute atomic E-state index is 12.1. The summed E-state index contributed by atoms with van der Waals surface area (Å²) in [5.74, 6) is 0.391. The lowest BCUT2D eigenvalue weighted by molar-refractivity contribution is 0.0930. The van der Waals surface area contributed by atoms with Gasteiger partial charge in [-0.2, -0.15) is 0 Å². The lowest BCUT2D eigenvalue weighted by Crippen LogP contribution is -2.11. The number of ketones is 1. The van der Waals surface area contributed by atoms with Crippen molar-refractivity contribution in [2.75, 3.05) is 0 Å². The average molecular weight is 214 g/mol. The van der Waals surface area contributed by atoms with Gasteiger partial charge in [-0.1, -0.05) is 37.3 Å². The van der Waals surface area contributed by atoms with Crippen LogP contribution in [0.2, 0.25) is 0 Å². The van der Waals surface area contributed by atoms with Crippen molar-refractivity contribution in [3.8, 4) is 0 Å². The SMILES string of the molecule is CC[C@H](C(=O)c1ccco1)c1ccccc1. The Bertz CT molecular complexity index is 443. The molecule has 2 rings (SSSR count). The maximum atomic E-state index is 12.1. The van der Waals surface area contributed by atoms with Crippen molar-refractivity contribution in [1.29, 1.82) is 0 Å². The van der Waals surface area contributed by atoms with E-state index in [0.717, 1.165) is 12.0 Å². The molecule has 0 aliphatic heterocycles. The molecule has 1 heterocycles. The molecule has 0 aliphatic carbocycles. The quantitative estimate of drug-likeness (QED) is 0.727. The molecular formula is C14H14O2. The third-order valence-electron chi connectivity index (χ3n) is 2.69. The number of hydrogen-bond donors (Lipinski definition) is 0. The van der Waals surface area contributed by atoms with Crippen molar-refractivity contribution in [1.82, 2.24) is 0 Å². The molecule has 0 N–H and O–H groups in total. The average Bonchev–Trinajstić information content (AvgIpc) is 2.85. The topological polar surface area (TPSA) is 30.2 Å². The van der Waals surface area contributed by atoms with Gasteiger partial charge in [-0.3, -0.25) is 4.79 Å². The molecule has 2 heteroatoms. The first-order valence-corrected chi connectivity index (χ1v) is 5.45. The first kappa shape index (κ1) is 10.7. The predicted octanol–water partition coefficient (Wildman–Crippen LogP) is 3.66. The fourth-order valence-electron chi connectivity index (χ4n) is 1.85. The van der Waals surface area contributed by atoms with Crippen LogP contribution in [0, 0.1) is 0 Å². The highest BCUT2D eigenvalue weighted by molar-refractivity contribution is 5.98. The van der Waals surface area contributed by atoms with E-state index in [1.165, 1.54) is 6.26 Å². The molecule has 0 bridgehead atoms. The summed E-state index contributed by atoms with van der Waals surface area (Å²) in [5, 5.41) is 0. The predicted molar refractivity (Wildman–Crippen MR) is 62.5 cm³/mol. The summed E-state index contributed by atoms with van der Waals surface area (Å²) in [7, 11) is 0.